The fourth-order valence-corrected chi connectivity index (χ4v) is 1.54. The Morgan fingerprint density at radius 3 is 2.35 bits per heavy atom. The van der Waals surface area contributed by atoms with Gasteiger partial charge in [-0.25, -0.2) is 8.78 Å². The van der Waals surface area contributed by atoms with Crippen molar-refractivity contribution >= 4 is 5.69 Å². The zero-order valence-corrected chi connectivity index (χ0v) is 8.48. The number of halogens is 2. The molecular formula is C12H6F2NO2. The van der Waals surface area contributed by atoms with Crippen LogP contribution in [0.4, 0.5) is 14.5 Å². The Bertz CT molecular complexity index is 564. The minimum atomic E-state index is -0.840. The lowest BCUT2D eigenvalue weighted by Crippen LogP contribution is -1.95. The van der Waals surface area contributed by atoms with E-state index in [4.69, 9.17) is 0 Å². The van der Waals surface area contributed by atoms with Gasteiger partial charge in [0.05, 0.1) is 22.1 Å². The number of benzene rings is 2. The maximum Gasteiger partial charge on any atom is 0.285 e. The van der Waals surface area contributed by atoms with Crippen LogP contribution in [0.3, 0.4) is 0 Å². The molecular weight excluding hydrogens is 228 g/mol. The molecule has 0 atom stereocenters. The maximum atomic E-state index is 13.5. The van der Waals surface area contributed by atoms with Gasteiger partial charge in [-0.1, -0.05) is 12.1 Å². The Labute approximate surface area is 95.5 Å². The molecule has 0 aliphatic carbocycles. The van der Waals surface area contributed by atoms with E-state index in [0.717, 1.165) is 12.1 Å². The molecule has 0 bridgehead atoms. The Kier molecular flexibility index (Phi) is 2.82. The largest absolute Gasteiger partial charge is 0.285 e. The van der Waals surface area contributed by atoms with Crippen molar-refractivity contribution in [2.45, 2.75) is 0 Å². The van der Waals surface area contributed by atoms with Gasteiger partial charge in [-0.15, -0.1) is 0 Å². The van der Waals surface area contributed by atoms with E-state index in [0.29, 0.717) is 0 Å². The Balaban J connectivity index is 2.73. The number of nitro groups is 1. The molecule has 0 spiro atoms. The molecule has 0 aliphatic heterocycles. The van der Waals surface area contributed by atoms with Crippen LogP contribution in [0.5, 0.6) is 0 Å². The van der Waals surface area contributed by atoms with Crippen LogP contribution in [0.25, 0.3) is 11.1 Å². The summed E-state index contributed by atoms with van der Waals surface area (Å²) in [6.07, 6.45) is 0. The molecule has 85 valence electrons. The lowest BCUT2D eigenvalue weighted by molar-refractivity contribution is -0.384. The van der Waals surface area contributed by atoms with E-state index in [1.54, 1.807) is 0 Å². The quantitative estimate of drug-likeness (QED) is 0.590. The predicted molar refractivity (Wildman–Crippen MR) is 57.3 cm³/mol. The van der Waals surface area contributed by atoms with E-state index in [9.17, 15) is 18.9 Å². The molecule has 0 saturated heterocycles. The second-order valence-electron chi connectivity index (χ2n) is 3.29. The average molecular weight is 234 g/mol. The van der Waals surface area contributed by atoms with Crippen LogP contribution in [0.1, 0.15) is 0 Å². The van der Waals surface area contributed by atoms with E-state index in [-0.39, 0.29) is 5.56 Å². The molecule has 5 heteroatoms. The van der Waals surface area contributed by atoms with Crippen LogP contribution in [-0.4, -0.2) is 4.92 Å². The lowest BCUT2D eigenvalue weighted by atomic mass is 10.0. The first kappa shape index (κ1) is 11.2. The van der Waals surface area contributed by atoms with Gasteiger partial charge in [0.15, 0.2) is 0 Å². The molecule has 0 N–H and O–H groups in total. The highest BCUT2D eigenvalue weighted by atomic mass is 19.1. The Hall–Kier alpha value is -2.30. The highest BCUT2D eigenvalue weighted by Gasteiger charge is 2.20. The van der Waals surface area contributed by atoms with Crippen molar-refractivity contribution in [3.63, 3.8) is 0 Å². The van der Waals surface area contributed by atoms with Gasteiger partial charge >= 0.3 is 0 Å². The maximum absolute atomic E-state index is 13.5. The van der Waals surface area contributed by atoms with Crippen molar-refractivity contribution in [2.24, 2.45) is 0 Å². The average Bonchev–Trinajstić information content (AvgIpc) is 2.29. The molecule has 0 aliphatic rings. The van der Waals surface area contributed by atoms with Crippen molar-refractivity contribution < 1.29 is 13.7 Å². The first-order chi connectivity index (χ1) is 8.11. The number of hydrogen-bond donors (Lipinski definition) is 0. The van der Waals surface area contributed by atoms with Crippen LogP contribution >= 0.6 is 0 Å². The SMILES string of the molecule is O=[N+]([O-])c1[c]cccc1-c1c(F)cccc1F. The molecule has 2 aromatic rings. The molecule has 17 heavy (non-hydrogen) atoms. The summed E-state index contributed by atoms with van der Waals surface area (Å²) < 4.78 is 27.0. The molecule has 0 unspecified atom stereocenters. The third-order valence-corrected chi connectivity index (χ3v) is 2.25. The van der Waals surface area contributed by atoms with E-state index >= 15 is 0 Å². The fourth-order valence-electron chi connectivity index (χ4n) is 1.54. The van der Waals surface area contributed by atoms with Crippen molar-refractivity contribution in [1.82, 2.24) is 0 Å². The van der Waals surface area contributed by atoms with Gasteiger partial charge in [-0.05, 0) is 24.3 Å². The number of rotatable bonds is 2. The smallest absolute Gasteiger partial charge is 0.258 e. The van der Waals surface area contributed by atoms with Crippen molar-refractivity contribution in [3.8, 4) is 11.1 Å². The van der Waals surface area contributed by atoms with E-state index in [1.165, 1.54) is 24.3 Å². The van der Waals surface area contributed by atoms with Crippen molar-refractivity contribution in [1.29, 1.82) is 0 Å². The van der Waals surface area contributed by atoms with Crippen LogP contribution in [0, 0.1) is 27.8 Å². The minimum absolute atomic E-state index is 0.117. The Morgan fingerprint density at radius 1 is 1.12 bits per heavy atom. The standard InChI is InChI=1S/C12H6F2NO2/c13-9-5-3-6-10(14)12(9)8-4-1-2-7-11(8)15(16)17/h1-6H. The summed E-state index contributed by atoms with van der Waals surface area (Å²) in [7, 11) is 0. The number of nitro benzene ring substituents is 1. The summed E-state index contributed by atoms with van der Waals surface area (Å²) in [6.45, 7) is 0. The monoisotopic (exact) mass is 234 g/mol. The highest BCUT2D eigenvalue weighted by Crippen LogP contribution is 2.32. The Morgan fingerprint density at radius 2 is 1.76 bits per heavy atom. The van der Waals surface area contributed by atoms with Gasteiger partial charge in [-0.3, -0.25) is 10.1 Å². The van der Waals surface area contributed by atoms with Gasteiger partial charge < -0.3 is 0 Å². The molecule has 0 aromatic heterocycles. The summed E-state index contributed by atoms with van der Waals surface area (Å²) in [5.41, 5.74) is -0.972. The molecule has 2 rings (SSSR count). The molecule has 2 aromatic carbocycles. The van der Waals surface area contributed by atoms with E-state index < -0.39 is 27.8 Å². The van der Waals surface area contributed by atoms with Crippen LogP contribution in [-0.2, 0) is 0 Å². The summed E-state index contributed by atoms with van der Waals surface area (Å²) in [4.78, 5) is 10.0. The first-order valence-electron chi connectivity index (χ1n) is 4.70. The highest BCUT2D eigenvalue weighted by molar-refractivity contribution is 5.73. The second kappa shape index (κ2) is 4.29. The van der Waals surface area contributed by atoms with E-state index in [2.05, 4.69) is 6.07 Å². The van der Waals surface area contributed by atoms with Crippen molar-refractivity contribution in [3.05, 3.63) is 64.2 Å². The number of para-hydroxylation sites is 1. The molecule has 0 fully saturated rings. The third-order valence-electron chi connectivity index (χ3n) is 2.25. The summed E-state index contributed by atoms with van der Waals surface area (Å²) in [5.74, 6) is -1.68. The van der Waals surface area contributed by atoms with Gasteiger partial charge in [0.1, 0.15) is 11.6 Å². The summed E-state index contributed by atoms with van der Waals surface area (Å²) in [5, 5.41) is 10.7. The molecule has 1 radical (unpaired) electrons. The summed E-state index contributed by atoms with van der Waals surface area (Å²) in [6, 6.07) is 9.71. The van der Waals surface area contributed by atoms with Gasteiger partial charge in [-0.2, -0.15) is 0 Å². The van der Waals surface area contributed by atoms with Gasteiger partial charge in [0, 0.05) is 0 Å². The molecule has 0 heterocycles. The number of hydrogen-bond acceptors (Lipinski definition) is 2. The van der Waals surface area contributed by atoms with Crippen LogP contribution in [0.15, 0.2) is 36.4 Å². The van der Waals surface area contributed by atoms with E-state index in [1.807, 2.05) is 0 Å². The lowest BCUT2D eigenvalue weighted by Gasteiger charge is -2.05. The molecule has 0 saturated carbocycles. The first-order valence-corrected chi connectivity index (χ1v) is 4.70. The molecule has 0 amide bonds. The minimum Gasteiger partial charge on any atom is -0.258 e. The topological polar surface area (TPSA) is 43.1 Å². The van der Waals surface area contributed by atoms with Gasteiger partial charge in [0.2, 0.25) is 0 Å². The zero-order chi connectivity index (χ0) is 12.4. The second-order valence-corrected chi connectivity index (χ2v) is 3.29. The normalized spacial score (nSPS) is 10.2. The predicted octanol–water partition coefficient (Wildman–Crippen LogP) is 3.34. The van der Waals surface area contributed by atoms with Gasteiger partial charge in [0.25, 0.3) is 5.69 Å². The third kappa shape index (κ3) is 1.99. The fraction of sp³-hybridized carbons (Fsp3) is 0. The van der Waals surface area contributed by atoms with Crippen LogP contribution < -0.4 is 0 Å². The summed E-state index contributed by atoms with van der Waals surface area (Å²) >= 11 is 0. The van der Waals surface area contributed by atoms with Crippen molar-refractivity contribution in [2.75, 3.05) is 0 Å². The zero-order valence-electron chi connectivity index (χ0n) is 8.48. The van der Waals surface area contributed by atoms with Crippen LogP contribution in [0.2, 0.25) is 0 Å². The number of nitrogens with zero attached hydrogens (tertiary/aromatic N) is 1. The molecule has 3 nitrogen and oxygen atoms in total.